The Bertz CT molecular complexity index is 888. The van der Waals surface area contributed by atoms with Gasteiger partial charge in [0.1, 0.15) is 5.75 Å². The van der Waals surface area contributed by atoms with Gasteiger partial charge in [-0.3, -0.25) is 9.52 Å². The van der Waals surface area contributed by atoms with Gasteiger partial charge in [-0.1, -0.05) is 6.07 Å². The van der Waals surface area contributed by atoms with E-state index in [2.05, 4.69) is 10.0 Å². The number of benzene rings is 2. The molecule has 2 rings (SSSR count). The molecule has 0 saturated heterocycles. The third-order valence-corrected chi connectivity index (χ3v) is 4.92. The van der Waals surface area contributed by atoms with E-state index in [1.165, 1.54) is 18.2 Å². The first-order chi connectivity index (χ1) is 12.6. The molecule has 0 atom stereocenters. The molecule has 0 aliphatic heterocycles. The molecular weight excluding hydrogens is 366 g/mol. The molecule has 0 bridgehead atoms. The van der Waals surface area contributed by atoms with E-state index in [1.54, 1.807) is 44.2 Å². The highest BCUT2D eigenvalue weighted by molar-refractivity contribution is 7.92. The molecule has 0 aliphatic rings. The van der Waals surface area contributed by atoms with Crippen LogP contribution in [-0.2, 0) is 10.0 Å². The Morgan fingerprint density at radius 1 is 1.15 bits per heavy atom. The molecule has 2 aromatic carbocycles. The Kier molecular flexibility index (Phi) is 6.45. The normalized spacial score (nSPS) is 11.7. The lowest BCUT2D eigenvalue weighted by atomic mass is 10.1. The van der Waals surface area contributed by atoms with E-state index in [9.17, 15) is 13.2 Å². The zero-order valence-electron chi connectivity index (χ0n) is 15.7. The average molecular weight is 391 g/mol. The quantitative estimate of drug-likeness (QED) is 0.640. The topological polar surface area (TPSA) is 111 Å². The lowest BCUT2D eigenvalue weighted by molar-refractivity contribution is 0.0946. The van der Waals surface area contributed by atoms with Crippen molar-refractivity contribution < 1.29 is 17.9 Å². The molecule has 0 heterocycles. The van der Waals surface area contributed by atoms with Crippen molar-refractivity contribution in [2.24, 2.45) is 5.73 Å². The Labute approximate surface area is 160 Å². The molecule has 4 N–H and O–H groups in total. The van der Waals surface area contributed by atoms with Gasteiger partial charge in [-0.05, 0) is 63.2 Å². The number of nitrogens with one attached hydrogen (secondary N) is 2. The van der Waals surface area contributed by atoms with Crippen LogP contribution in [0, 0.1) is 0 Å². The fourth-order valence-electron chi connectivity index (χ4n) is 2.23. The van der Waals surface area contributed by atoms with Gasteiger partial charge in [0.25, 0.3) is 15.9 Å². The maximum Gasteiger partial charge on any atom is 0.261 e. The number of hydrogen-bond acceptors (Lipinski definition) is 5. The smallest absolute Gasteiger partial charge is 0.261 e. The van der Waals surface area contributed by atoms with E-state index in [0.717, 1.165) is 0 Å². The number of carbonyl (C=O) groups is 1. The van der Waals surface area contributed by atoms with E-state index >= 15 is 0 Å². The van der Waals surface area contributed by atoms with Gasteiger partial charge < -0.3 is 15.8 Å². The molecule has 8 heteroatoms. The van der Waals surface area contributed by atoms with E-state index < -0.39 is 15.6 Å². The summed E-state index contributed by atoms with van der Waals surface area (Å²) in [6.45, 7) is 6.25. The minimum absolute atomic E-state index is 0.102. The van der Waals surface area contributed by atoms with Crippen molar-refractivity contribution in [2.75, 3.05) is 17.9 Å². The predicted molar refractivity (Wildman–Crippen MR) is 105 cm³/mol. The molecule has 7 nitrogen and oxygen atoms in total. The van der Waals surface area contributed by atoms with Crippen molar-refractivity contribution in [3.63, 3.8) is 0 Å². The number of sulfonamides is 1. The summed E-state index contributed by atoms with van der Waals surface area (Å²) in [5, 5.41) is 2.72. The second-order valence-electron chi connectivity index (χ2n) is 6.76. The Balaban J connectivity index is 2.13. The van der Waals surface area contributed by atoms with Crippen LogP contribution in [0.4, 0.5) is 5.69 Å². The first-order valence-corrected chi connectivity index (χ1v) is 10.0. The highest BCUT2D eigenvalue weighted by Gasteiger charge is 2.16. The zero-order chi connectivity index (χ0) is 20.1. The van der Waals surface area contributed by atoms with Crippen LogP contribution in [-0.4, -0.2) is 33.0 Å². The predicted octanol–water partition coefficient (Wildman–Crippen LogP) is 2.35. The van der Waals surface area contributed by atoms with E-state index in [-0.39, 0.29) is 10.8 Å². The second-order valence-corrected chi connectivity index (χ2v) is 8.44. The summed E-state index contributed by atoms with van der Waals surface area (Å²) in [6.07, 6.45) is 0. The summed E-state index contributed by atoms with van der Waals surface area (Å²) < 4.78 is 32.9. The van der Waals surface area contributed by atoms with Gasteiger partial charge in [-0.2, -0.15) is 0 Å². The van der Waals surface area contributed by atoms with Crippen LogP contribution in [0.15, 0.2) is 53.4 Å². The molecule has 0 spiro atoms. The highest BCUT2D eigenvalue weighted by Crippen LogP contribution is 2.20. The number of rotatable bonds is 8. The van der Waals surface area contributed by atoms with Crippen molar-refractivity contribution in [3.8, 4) is 5.75 Å². The number of carbonyl (C=O) groups excluding carboxylic acids is 1. The Hall–Kier alpha value is -2.58. The van der Waals surface area contributed by atoms with Gasteiger partial charge in [0.05, 0.1) is 11.5 Å². The number of amides is 1. The van der Waals surface area contributed by atoms with Crippen LogP contribution in [0.25, 0.3) is 0 Å². The van der Waals surface area contributed by atoms with E-state index in [4.69, 9.17) is 10.5 Å². The third kappa shape index (κ3) is 6.26. The monoisotopic (exact) mass is 391 g/mol. The molecule has 27 heavy (non-hydrogen) atoms. The fraction of sp³-hybridized carbons (Fsp3) is 0.316. The van der Waals surface area contributed by atoms with Gasteiger partial charge in [-0.15, -0.1) is 0 Å². The van der Waals surface area contributed by atoms with Gasteiger partial charge in [0.15, 0.2) is 0 Å². The SMILES string of the molecule is CCOc1ccc(S(=O)(=O)Nc2cccc(C(=O)NCC(C)(C)N)c2)cc1. The zero-order valence-corrected chi connectivity index (χ0v) is 16.5. The molecule has 0 radical (unpaired) electrons. The minimum atomic E-state index is -3.78. The lowest BCUT2D eigenvalue weighted by Gasteiger charge is -2.19. The van der Waals surface area contributed by atoms with Crippen molar-refractivity contribution in [3.05, 3.63) is 54.1 Å². The summed E-state index contributed by atoms with van der Waals surface area (Å²) in [6, 6.07) is 12.4. The molecule has 0 unspecified atom stereocenters. The van der Waals surface area contributed by atoms with Crippen molar-refractivity contribution >= 4 is 21.6 Å². The maximum absolute atomic E-state index is 12.5. The standard InChI is InChI=1S/C19H25N3O4S/c1-4-26-16-8-10-17(11-9-16)27(24,25)22-15-7-5-6-14(12-15)18(23)21-13-19(2,3)20/h5-12,22H,4,13,20H2,1-3H3,(H,21,23). The third-order valence-electron chi connectivity index (χ3n) is 3.53. The van der Waals surface area contributed by atoms with Crippen LogP contribution < -0.4 is 20.5 Å². The first kappa shape index (κ1) is 20.7. The molecule has 0 aromatic heterocycles. The molecular formula is C19H25N3O4S. The number of hydrogen-bond donors (Lipinski definition) is 3. The molecule has 146 valence electrons. The largest absolute Gasteiger partial charge is 0.494 e. The summed E-state index contributed by atoms with van der Waals surface area (Å²) in [5.41, 5.74) is 5.95. The van der Waals surface area contributed by atoms with Crippen LogP contribution >= 0.6 is 0 Å². The van der Waals surface area contributed by atoms with Crippen LogP contribution in [0.2, 0.25) is 0 Å². The molecule has 1 amide bonds. The average Bonchev–Trinajstić information content (AvgIpc) is 2.59. The fourth-order valence-corrected chi connectivity index (χ4v) is 3.28. The van der Waals surface area contributed by atoms with Crippen molar-refractivity contribution in [2.45, 2.75) is 31.2 Å². The molecule has 0 saturated carbocycles. The summed E-state index contributed by atoms with van der Waals surface area (Å²) in [5.74, 6) is 0.272. The lowest BCUT2D eigenvalue weighted by Crippen LogP contribution is -2.45. The number of nitrogens with two attached hydrogens (primary N) is 1. The van der Waals surface area contributed by atoms with Gasteiger partial charge in [-0.25, -0.2) is 8.42 Å². The molecule has 2 aromatic rings. The van der Waals surface area contributed by atoms with Crippen LogP contribution in [0.1, 0.15) is 31.1 Å². The number of ether oxygens (including phenoxy) is 1. The maximum atomic E-state index is 12.5. The molecule has 0 fully saturated rings. The summed E-state index contributed by atoms with van der Waals surface area (Å²) in [4.78, 5) is 12.3. The van der Waals surface area contributed by atoms with Crippen LogP contribution in [0.3, 0.4) is 0 Å². The van der Waals surface area contributed by atoms with Crippen molar-refractivity contribution in [1.82, 2.24) is 5.32 Å². The Morgan fingerprint density at radius 2 is 1.81 bits per heavy atom. The summed E-state index contributed by atoms with van der Waals surface area (Å²) >= 11 is 0. The second kappa shape index (κ2) is 8.41. The van der Waals surface area contributed by atoms with Crippen LogP contribution in [0.5, 0.6) is 5.75 Å². The van der Waals surface area contributed by atoms with E-state index in [1.807, 2.05) is 6.92 Å². The van der Waals surface area contributed by atoms with Gasteiger partial charge in [0.2, 0.25) is 0 Å². The summed E-state index contributed by atoms with van der Waals surface area (Å²) in [7, 11) is -3.78. The van der Waals surface area contributed by atoms with Gasteiger partial charge in [0, 0.05) is 23.3 Å². The number of anilines is 1. The van der Waals surface area contributed by atoms with Crippen molar-refractivity contribution in [1.29, 1.82) is 0 Å². The Morgan fingerprint density at radius 3 is 2.41 bits per heavy atom. The highest BCUT2D eigenvalue weighted by atomic mass is 32.2. The van der Waals surface area contributed by atoms with Gasteiger partial charge >= 0.3 is 0 Å². The minimum Gasteiger partial charge on any atom is -0.494 e. The molecule has 0 aliphatic carbocycles. The van der Waals surface area contributed by atoms with E-state index in [0.29, 0.717) is 30.2 Å². The first-order valence-electron chi connectivity index (χ1n) is 8.53.